The van der Waals surface area contributed by atoms with E-state index in [1.54, 1.807) is 0 Å². The molecule has 0 spiro atoms. The van der Waals surface area contributed by atoms with Gasteiger partial charge in [-0.2, -0.15) is 0 Å². The van der Waals surface area contributed by atoms with Crippen LogP contribution in [0.5, 0.6) is 0 Å². The van der Waals surface area contributed by atoms with Crippen LogP contribution in [0.25, 0.3) is 10.9 Å². The number of nitrogens with one attached hydrogen (secondary N) is 1. The molecular formula is C18H23N3O2. The minimum Gasteiger partial charge on any atom is -0.480 e. The molecule has 0 amide bonds. The number of benzene rings is 1. The largest absolute Gasteiger partial charge is 0.480 e. The van der Waals surface area contributed by atoms with Crippen LogP contribution >= 0.6 is 0 Å². The van der Waals surface area contributed by atoms with Crippen LogP contribution in [0.15, 0.2) is 36.5 Å². The maximum atomic E-state index is 10.9. The number of para-hydroxylation sites is 1. The van der Waals surface area contributed by atoms with Crippen molar-refractivity contribution in [2.75, 3.05) is 13.1 Å². The molecule has 2 aromatic rings. The zero-order valence-electron chi connectivity index (χ0n) is 13.4. The molecule has 2 N–H and O–H groups in total. The monoisotopic (exact) mass is 313 g/mol. The van der Waals surface area contributed by atoms with Crippen LogP contribution in [0.2, 0.25) is 0 Å². The lowest BCUT2D eigenvalue weighted by Crippen LogP contribution is -2.53. The number of carbonyl (C=O) groups is 1. The van der Waals surface area contributed by atoms with Crippen LogP contribution in [0.4, 0.5) is 0 Å². The standard InChI is InChI=1S/C18H23N3O2/c1-2-21(12-17(22)23)16-9-15(10-16)20-11-14-6-3-5-13-7-4-8-19-18(13)14/h3-8,15-16,20H,2,9-12H2,1H3,(H,22,23). The molecule has 0 atom stereocenters. The molecule has 23 heavy (non-hydrogen) atoms. The molecule has 122 valence electrons. The molecule has 1 fully saturated rings. The first-order chi connectivity index (χ1) is 11.2. The highest BCUT2D eigenvalue weighted by Crippen LogP contribution is 2.26. The van der Waals surface area contributed by atoms with Crippen molar-refractivity contribution < 1.29 is 9.90 Å². The van der Waals surface area contributed by atoms with Gasteiger partial charge in [-0.1, -0.05) is 31.2 Å². The molecule has 1 saturated carbocycles. The van der Waals surface area contributed by atoms with E-state index in [0.717, 1.165) is 36.8 Å². The number of aromatic nitrogens is 1. The zero-order chi connectivity index (χ0) is 16.2. The molecule has 0 unspecified atom stereocenters. The van der Waals surface area contributed by atoms with E-state index in [1.165, 1.54) is 5.56 Å². The quantitative estimate of drug-likeness (QED) is 0.821. The molecule has 5 heteroatoms. The Kier molecular flexibility index (Phi) is 4.88. The van der Waals surface area contributed by atoms with Crippen molar-refractivity contribution in [1.82, 2.24) is 15.2 Å². The lowest BCUT2D eigenvalue weighted by molar-refractivity contribution is -0.139. The summed E-state index contributed by atoms with van der Waals surface area (Å²) in [5.41, 5.74) is 2.27. The Labute approximate surface area is 136 Å². The highest BCUT2D eigenvalue weighted by molar-refractivity contribution is 5.81. The van der Waals surface area contributed by atoms with Gasteiger partial charge in [0.1, 0.15) is 0 Å². The third-order valence-electron chi connectivity index (χ3n) is 4.67. The van der Waals surface area contributed by atoms with Gasteiger partial charge in [0.05, 0.1) is 12.1 Å². The number of likely N-dealkylation sites (N-methyl/N-ethyl adjacent to an activating group) is 1. The Morgan fingerprint density at radius 3 is 2.87 bits per heavy atom. The third kappa shape index (κ3) is 3.68. The van der Waals surface area contributed by atoms with E-state index in [2.05, 4.69) is 34.6 Å². The first kappa shape index (κ1) is 15.9. The van der Waals surface area contributed by atoms with Crippen LogP contribution in [-0.4, -0.2) is 46.1 Å². The summed E-state index contributed by atoms with van der Waals surface area (Å²) >= 11 is 0. The van der Waals surface area contributed by atoms with Gasteiger partial charge in [0.15, 0.2) is 0 Å². The molecule has 3 rings (SSSR count). The van der Waals surface area contributed by atoms with Crippen LogP contribution in [0.1, 0.15) is 25.3 Å². The van der Waals surface area contributed by atoms with Crippen molar-refractivity contribution in [3.63, 3.8) is 0 Å². The van der Waals surface area contributed by atoms with Crippen LogP contribution in [0.3, 0.4) is 0 Å². The lowest BCUT2D eigenvalue weighted by atomic mass is 9.85. The molecule has 0 radical (unpaired) electrons. The Balaban J connectivity index is 1.53. The van der Waals surface area contributed by atoms with Crippen molar-refractivity contribution in [3.05, 3.63) is 42.1 Å². The maximum absolute atomic E-state index is 10.9. The SMILES string of the molecule is CCN(CC(=O)O)C1CC(NCc2cccc3cccnc23)C1. The minimum absolute atomic E-state index is 0.140. The molecule has 1 aliphatic carbocycles. The second kappa shape index (κ2) is 7.06. The predicted octanol–water partition coefficient (Wildman–Crippen LogP) is 2.26. The molecule has 1 aromatic carbocycles. The third-order valence-corrected chi connectivity index (χ3v) is 4.67. The van der Waals surface area contributed by atoms with Gasteiger partial charge < -0.3 is 10.4 Å². The van der Waals surface area contributed by atoms with E-state index in [1.807, 2.05) is 24.1 Å². The van der Waals surface area contributed by atoms with E-state index in [-0.39, 0.29) is 6.54 Å². The molecule has 0 bridgehead atoms. The van der Waals surface area contributed by atoms with Gasteiger partial charge in [0.25, 0.3) is 0 Å². The number of hydrogen-bond acceptors (Lipinski definition) is 4. The summed E-state index contributed by atoms with van der Waals surface area (Å²) in [5.74, 6) is -0.745. The number of carboxylic acid groups (broad SMARTS) is 1. The first-order valence-electron chi connectivity index (χ1n) is 8.19. The lowest BCUT2D eigenvalue weighted by Gasteiger charge is -2.42. The number of aliphatic carboxylic acids is 1. The fraction of sp³-hybridized carbons (Fsp3) is 0.444. The van der Waals surface area contributed by atoms with Crippen molar-refractivity contribution in [1.29, 1.82) is 0 Å². The summed E-state index contributed by atoms with van der Waals surface area (Å²) in [7, 11) is 0. The average molecular weight is 313 g/mol. The Morgan fingerprint density at radius 1 is 1.35 bits per heavy atom. The highest BCUT2D eigenvalue weighted by Gasteiger charge is 2.33. The Hall–Kier alpha value is -1.98. The number of carboxylic acids is 1. The van der Waals surface area contributed by atoms with Gasteiger partial charge >= 0.3 is 5.97 Å². The summed E-state index contributed by atoms with van der Waals surface area (Å²) < 4.78 is 0. The molecule has 1 aliphatic rings. The summed E-state index contributed by atoms with van der Waals surface area (Å²) in [4.78, 5) is 17.4. The molecule has 5 nitrogen and oxygen atoms in total. The minimum atomic E-state index is -0.745. The van der Waals surface area contributed by atoms with E-state index >= 15 is 0 Å². The topological polar surface area (TPSA) is 65.5 Å². The van der Waals surface area contributed by atoms with E-state index in [9.17, 15) is 4.79 Å². The average Bonchev–Trinajstić information content (AvgIpc) is 2.52. The predicted molar refractivity (Wildman–Crippen MR) is 90.3 cm³/mol. The van der Waals surface area contributed by atoms with Gasteiger partial charge in [-0.05, 0) is 31.0 Å². The molecule has 0 saturated heterocycles. The fourth-order valence-electron chi connectivity index (χ4n) is 3.29. The second-order valence-electron chi connectivity index (χ2n) is 6.15. The molecule has 1 heterocycles. The van der Waals surface area contributed by atoms with Gasteiger partial charge in [-0.15, -0.1) is 0 Å². The van der Waals surface area contributed by atoms with Crippen molar-refractivity contribution in [2.24, 2.45) is 0 Å². The first-order valence-corrected chi connectivity index (χ1v) is 8.19. The summed E-state index contributed by atoms with van der Waals surface area (Å²) in [6.45, 7) is 3.75. The maximum Gasteiger partial charge on any atom is 0.317 e. The Morgan fingerprint density at radius 2 is 2.13 bits per heavy atom. The second-order valence-corrected chi connectivity index (χ2v) is 6.15. The van der Waals surface area contributed by atoms with Gasteiger partial charge in [0, 0.05) is 30.2 Å². The summed E-state index contributed by atoms with van der Waals surface area (Å²) in [6, 6.07) is 11.1. The van der Waals surface area contributed by atoms with E-state index in [4.69, 9.17) is 5.11 Å². The van der Waals surface area contributed by atoms with E-state index in [0.29, 0.717) is 12.1 Å². The normalized spacial score (nSPS) is 20.6. The van der Waals surface area contributed by atoms with Crippen molar-refractivity contribution >= 4 is 16.9 Å². The van der Waals surface area contributed by atoms with Crippen molar-refractivity contribution in [3.8, 4) is 0 Å². The van der Waals surface area contributed by atoms with Gasteiger partial charge in [-0.25, -0.2) is 0 Å². The number of hydrogen-bond donors (Lipinski definition) is 2. The molecular weight excluding hydrogens is 290 g/mol. The zero-order valence-corrected chi connectivity index (χ0v) is 13.4. The van der Waals surface area contributed by atoms with Crippen LogP contribution < -0.4 is 5.32 Å². The van der Waals surface area contributed by atoms with Gasteiger partial charge in [-0.3, -0.25) is 14.7 Å². The fourth-order valence-corrected chi connectivity index (χ4v) is 3.29. The van der Waals surface area contributed by atoms with Crippen LogP contribution in [0, 0.1) is 0 Å². The summed E-state index contributed by atoms with van der Waals surface area (Å²) in [6.07, 6.45) is 3.86. The highest BCUT2D eigenvalue weighted by atomic mass is 16.4. The summed E-state index contributed by atoms with van der Waals surface area (Å²) in [5, 5.41) is 13.7. The number of pyridine rings is 1. The molecule has 1 aromatic heterocycles. The number of fused-ring (bicyclic) bond motifs is 1. The number of nitrogens with zero attached hydrogens (tertiary/aromatic N) is 2. The number of rotatable bonds is 7. The van der Waals surface area contributed by atoms with Crippen LogP contribution in [-0.2, 0) is 11.3 Å². The van der Waals surface area contributed by atoms with Gasteiger partial charge in [0.2, 0.25) is 0 Å². The molecule has 0 aliphatic heterocycles. The Bertz CT molecular complexity index is 678. The van der Waals surface area contributed by atoms with E-state index < -0.39 is 5.97 Å². The smallest absolute Gasteiger partial charge is 0.317 e. The van der Waals surface area contributed by atoms with Crippen molar-refractivity contribution in [2.45, 2.75) is 38.4 Å².